The maximum atomic E-state index is 5.59. The summed E-state index contributed by atoms with van der Waals surface area (Å²) in [5.41, 5.74) is 1.15. The third-order valence-electron chi connectivity index (χ3n) is 2.08. The molecular formula is C12H13N3O. The lowest BCUT2D eigenvalue weighted by molar-refractivity contribution is 0.460. The molecule has 16 heavy (non-hydrogen) atoms. The number of aryl methyl sites for hydroxylation is 1. The van der Waals surface area contributed by atoms with Crippen molar-refractivity contribution in [3.05, 3.63) is 42.2 Å². The fourth-order valence-electron chi connectivity index (χ4n) is 1.32. The van der Waals surface area contributed by atoms with Crippen LogP contribution >= 0.6 is 0 Å². The van der Waals surface area contributed by atoms with Crippen molar-refractivity contribution in [1.82, 2.24) is 9.97 Å². The largest absolute Gasteiger partial charge is 0.437 e. The van der Waals surface area contributed by atoms with Gasteiger partial charge in [0.25, 0.3) is 0 Å². The van der Waals surface area contributed by atoms with E-state index in [9.17, 15) is 0 Å². The van der Waals surface area contributed by atoms with Crippen molar-refractivity contribution in [3.8, 4) is 11.6 Å². The Balaban J connectivity index is 2.20. The van der Waals surface area contributed by atoms with Crippen LogP contribution in [0.3, 0.4) is 0 Å². The lowest BCUT2D eigenvalue weighted by Crippen LogP contribution is -1.95. The van der Waals surface area contributed by atoms with Crippen LogP contribution in [0, 0.1) is 6.92 Å². The fourth-order valence-corrected chi connectivity index (χ4v) is 1.32. The lowest BCUT2D eigenvalue weighted by atomic mass is 10.2. The Morgan fingerprint density at radius 1 is 1.25 bits per heavy atom. The number of hydrogen-bond donors (Lipinski definition) is 1. The molecule has 0 aliphatic carbocycles. The third-order valence-corrected chi connectivity index (χ3v) is 2.08. The van der Waals surface area contributed by atoms with E-state index in [1.165, 1.54) is 0 Å². The molecule has 4 heteroatoms. The minimum atomic E-state index is 0.484. The van der Waals surface area contributed by atoms with Crippen LogP contribution in [0.25, 0.3) is 0 Å². The van der Waals surface area contributed by atoms with Crippen molar-refractivity contribution in [2.24, 2.45) is 0 Å². The maximum Gasteiger partial charge on any atom is 0.239 e. The van der Waals surface area contributed by atoms with E-state index in [0.29, 0.717) is 11.7 Å². The van der Waals surface area contributed by atoms with Crippen LogP contribution in [0.2, 0.25) is 0 Å². The van der Waals surface area contributed by atoms with Crippen LogP contribution in [-0.4, -0.2) is 17.0 Å². The summed E-state index contributed by atoms with van der Waals surface area (Å²) < 4.78 is 5.59. The van der Waals surface area contributed by atoms with Gasteiger partial charge in [-0.3, -0.25) is 4.98 Å². The Morgan fingerprint density at radius 3 is 2.88 bits per heavy atom. The Kier molecular flexibility index (Phi) is 3.00. The number of nitrogens with zero attached hydrogens (tertiary/aromatic N) is 2. The Hall–Kier alpha value is -2.10. The second kappa shape index (κ2) is 4.61. The second-order valence-corrected chi connectivity index (χ2v) is 3.41. The van der Waals surface area contributed by atoms with E-state index < -0.39 is 0 Å². The lowest BCUT2D eigenvalue weighted by Gasteiger charge is -2.06. The highest BCUT2D eigenvalue weighted by atomic mass is 16.5. The van der Waals surface area contributed by atoms with Gasteiger partial charge < -0.3 is 10.1 Å². The average Bonchev–Trinajstić information content (AvgIpc) is 2.29. The molecule has 0 saturated heterocycles. The molecule has 82 valence electrons. The zero-order valence-corrected chi connectivity index (χ0v) is 9.27. The van der Waals surface area contributed by atoms with Crippen LogP contribution in [0.15, 0.2) is 36.7 Å². The molecule has 1 aromatic heterocycles. The maximum absolute atomic E-state index is 5.59. The van der Waals surface area contributed by atoms with E-state index in [4.69, 9.17) is 4.74 Å². The van der Waals surface area contributed by atoms with Gasteiger partial charge in [0.15, 0.2) is 0 Å². The summed E-state index contributed by atoms with van der Waals surface area (Å²) in [6.45, 7) is 2.02. The van der Waals surface area contributed by atoms with Crippen molar-refractivity contribution < 1.29 is 4.74 Å². The van der Waals surface area contributed by atoms with Gasteiger partial charge in [-0.05, 0) is 24.6 Å². The second-order valence-electron chi connectivity index (χ2n) is 3.41. The predicted molar refractivity (Wildman–Crippen MR) is 62.8 cm³/mol. The standard InChI is InChI=1S/C12H13N3O/c1-9-4-3-5-10(6-9)16-12-8-14-7-11(13-2)15-12/h3-8H,1-2H3,(H,13,15). The first kappa shape index (κ1) is 10.4. The van der Waals surface area contributed by atoms with Crippen LogP contribution in [0.5, 0.6) is 11.6 Å². The molecular weight excluding hydrogens is 202 g/mol. The molecule has 0 unspecified atom stereocenters. The van der Waals surface area contributed by atoms with Gasteiger partial charge in [0.1, 0.15) is 11.6 Å². The Bertz CT molecular complexity index is 485. The quantitative estimate of drug-likeness (QED) is 0.855. The molecule has 0 fully saturated rings. The molecule has 1 aromatic carbocycles. The summed E-state index contributed by atoms with van der Waals surface area (Å²) in [5, 5.41) is 2.91. The predicted octanol–water partition coefficient (Wildman–Crippen LogP) is 2.62. The zero-order valence-electron chi connectivity index (χ0n) is 9.27. The number of benzene rings is 1. The summed E-state index contributed by atoms with van der Waals surface area (Å²) >= 11 is 0. The highest BCUT2D eigenvalue weighted by Gasteiger charge is 2.00. The van der Waals surface area contributed by atoms with Crippen LogP contribution in [-0.2, 0) is 0 Å². The molecule has 0 spiro atoms. The Morgan fingerprint density at radius 2 is 2.12 bits per heavy atom. The molecule has 0 amide bonds. The van der Waals surface area contributed by atoms with E-state index in [1.54, 1.807) is 19.4 Å². The third kappa shape index (κ3) is 2.48. The monoisotopic (exact) mass is 215 g/mol. The van der Waals surface area contributed by atoms with E-state index in [-0.39, 0.29) is 0 Å². The van der Waals surface area contributed by atoms with Gasteiger partial charge >= 0.3 is 0 Å². The minimum Gasteiger partial charge on any atom is -0.437 e. The summed E-state index contributed by atoms with van der Waals surface area (Å²) in [5.74, 6) is 1.94. The van der Waals surface area contributed by atoms with E-state index in [1.807, 2.05) is 31.2 Å². The van der Waals surface area contributed by atoms with Crippen LogP contribution in [0.1, 0.15) is 5.56 Å². The summed E-state index contributed by atoms with van der Waals surface area (Å²) in [6.07, 6.45) is 3.23. The van der Waals surface area contributed by atoms with Gasteiger partial charge in [0.05, 0.1) is 12.4 Å². The molecule has 2 aromatic rings. The summed E-state index contributed by atoms with van der Waals surface area (Å²) in [6, 6.07) is 7.80. The molecule has 0 saturated carbocycles. The molecule has 0 aliphatic rings. The van der Waals surface area contributed by atoms with Gasteiger partial charge in [-0.15, -0.1) is 0 Å². The van der Waals surface area contributed by atoms with Gasteiger partial charge in [-0.1, -0.05) is 12.1 Å². The normalized spacial score (nSPS) is 9.88. The van der Waals surface area contributed by atoms with Crippen LogP contribution < -0.4 is 10.1 Å². The van der Waals surface area contributed by atoms with Gasteiger partial charge in [0, 0.05) is 7.05 Å². The number of anilines is 1. The van der Waals surface area contributed by atoms with Gasteiger partial charge in [-0.2, -0.15) is 4.98 Å². The number of hydrogen-bond acceptors (Lipinski definition) is 4. The smallest absolute Gasteiger partial charge is 0.239 e. The van der Waals surface area contributed by atoms with Crippen LogP contribution in [0.4, 0.5) is 5.82 Å². The number of nitrogens with one attached hydrogen (secondary N) is 1. The van der Waals surface area contributed by atoms with Crippen molar-refractivity contribution >= 4 is 5.82 Å². The van der Waals surface area contributed by atoms with E-state index >= 15 is 0 Å². The molecule has 0 atom stereocenters. The molecule has 1 heterocycles. The van der Waals surface area contributed by atoms with Crippen molar-refractivity contribution in [2.45, 2.75) is 6.92 Å². The summed E-state index contributed by atoms with van der Waals surface area (Å²) in [7, 11) is 1.79. The zero-order chi connectivity index (χ0) is 11.4. The molecule has 0 aliphatic heterocycles. The number of ether oxygens (including phenoxy) is 1. The van der Waals surface area contributed by atoms with Gasteiger partial charge in [0.2, 0.25) is 5.88 Å². The molecule has 4 nitrogen and oxygen atoms in total. The SMILES string of the molecule is CNc1cncc(Oc2cccc(C)c2)n1. The van der Waals surface area contributed by atoms with E-state index in [0.717, 1.165) is 11.3 Å². The topological polar surface area (TPSA) is 47.0 Å². The average molecular weight is 215 g/mol. The number of rotatable bonds is 3. The molecule has 0 bridgehead atoms. The van der Waals surface area contributed by atoms with Crippen molar-refractivity contribution in [1.29, 1.82) is 0 Å². The molecule has 2 rings (SSSR count). The van der Waals surface area contributed by atoms with Crippen molar-refractivity contribution in [2.75, 3.05) is 12.4 Å². The molecule has 0 radical (unpaired) electrons. The van der Waals surface area contributed by atoms with Gasteiger partial charge in [-0.25, -0.2) is 0 Å². The first-order valence-electron chi connectivity index (χ1n) is 5.02. The molecule has 1 N–H and O–H groups in total. The fraction of sp³-hybridized carbons (Fsp3) is 0.167. The van der Waals surface area contributed by atoms with E-state index in [2.05, 4.69) is 15.3 Å². The van der Waals surface area contributed by atoms with Crippen molar-refractivity contribution in [3.63, 3.8) is 0 Å². The highest BCUT2D eigenvalue weighted by molar-refractivity contribution is 5.35. The first-order valence-corrected chi connectivity index (χ1v) is 5.02. The first-order chi connectivity index (χ1) is 7.78. The minimum absolute atomic E-state index is 0.484. The summed E-state index contributed by atoms with van der Waals surface area (Å²) in [4.78, 5) is 8.24. The number of aromatic nitrogens is 2. The Labute approximate surface area is 94.3 Å². The highest BCUT2D eigenvalue weighted by Crippen LogP contribution is 2.20.